The van der Waals surface area contributed by atoms with Crippen LogP contribution in [0.25, 0.3) is 0 Å². The van der Waals surface area contributed by atoms with Crippen LogP contribution in [0.3, 0.4) is 0 Å². The number of hydrogen-bond donors (Lipinski definition) is 1. The number of fused-ring (bicyclic) bond motifs is 2. The summed E-state index contributed by atoms with van der Waals surface area (Å²) in [5.41, 5.74) is 2.36. The first-order chi connectivity index (χ1) is 12.8. The Hall–Kier alpha value is -1.95. The number of pyridine rings is 1. The number of thiazole rings is 1. The zero-order chi connectivity index (χ0) is 17.5. The third kappa shape index (κ3) is 2.90. The van der Waals surface area contributed by atoms with E-state index in [-0.39, 0.29) is 12.1 Å². The van der Waals surface area contributed by atoms with Gasteiger partial charge in [-0.05, 0) is 61.6 Å². The van der Waals surface area contributed by atoms with Gasteiger partial charge in [-0.1, -0.05) is 6.42 Å². The summed E-state index contributed by atoms with van der Waals surface area (Å²) in [6.45, 7) is 0.795. The van der Waals surface area contributed by atoms with E-state index < -0.39 is 0 Å². The summed E-state index contributed by atoms with van der Waals surface area (Å²) in [6.07, 6.45) is 11.1. The molecular formula is C20H24N4OS. The Bertz CT molecular complexity index is 792. The molecule has 2 saturated carbocycles. The van der Waals surface area contributed by atoms with Gasteiger partial charge in [-0.15, -0.1) is 11.3 Å². The van der Waals surface area contributed by atoms with E-state index >= 15 is 0 Å². The molecular weight excluding hydrogens is 344 g/mol. The van der Waals surface area contributed by atoms with Crippen LogP contribution in [-0.2, 0) is 0 Å². The minimum atomic E-state index is -0.0295. The fourth-order valence-corrected chi connectivity index (χ4v) is 5.99. The molecule has 1 N–H and O–H groups in total. The topological polar surface area (TPSA) is 58.1 Å². The third-order valence-electron chi connectivity index (χ3n) is 6.46. The summed E-state index contributed by atoms with van der Waals surface area (Å²) in [7, 11) is 0. The van der Waals surface area contributed by atoms with Crippen LogP contribution in [0.1, 0.15) is 61.7 Å². The molecule has 3 aliphatic rings. The standard InChI is InChI=1S/C20H24N4OS/c25-20(24-9-1-2-18(24)14-5-7-21-8-6-14)23-19-22-17(12-26-19)16-11-13-3-4-15(16)10-13/h5-8,12-13,15-16,18H,1-4,9-11H2,(H,22,23,25). The molecule has 2 amide bonds. The van der Waals surface area contributed by atoms with Crippen molar-refractivity contribution in [2.75, 3.05) is 11.9 Å². The van der Waals surface area contributed by atoms with E-state index in [1.165, 1.54) is 31.4 Å². The largest absolute Gasteiger partial charge is 0.324 e. The van der Waals surface area contributed by atoms with Crippen LogP contribution in [-0.4, -0.2) is 27.4 Å². The summed E-state index contributed by atoms with van der Waals surface area (Å²) in [6, 6.07) is 4.13. The van der Waals surface area contributed by atoms with Gasteiger partial charge in [0.1, 0.15) is 0 Å². The van der Waals surface area contributed by atoms with Crippen molar-refractivity contribution in [1.82, 2.24) is 14.9 Å². The third-order valence-corrected chi connectivity index (χ3v) is 7.23. The maximum absolute atomic E-state index is 12.8. The SMILES string of the molecule is O=C(Nc1nc(C2CC3CCC2C3)cs1)N1CCCC1c1ccncc1. The number of nitrogens with zero attached hydrogens (tertiary/aromatic N) is 3. The monoisotopic (exact) mass is 368 g/mol. The van der Waals surface area contributed by atoms with Gasteiger partial charge in [0.05, 0.1) is 11.7 Å². The number of aromatic nitrogens is 2. The lowest BCUT2D eigenvalue weighted by Gasteiger charge is -2.24. The number of rotatable bonds is 3. The minimum Gasteiger partial charge on any atom is -0.317 e. The highest BCUT2D eigenvalue weighted by Crippen LogP contribution is 2.53. The van der Waals surface area contributed by atoms with Gasteiger partial charge in [0.2, 0.25) is 0 Å². The Labute approximate surface area is 157 Å². The molecule has 1 aliphatic heterocycles. The van der Waals surface area contributed by atoms with Gasteiger partial charge in [0, 0.05) is 30.2 Å². The van der Waals surface area contributed by atoms with E-state index in [1.54, 1.807) is 23.7 Å². The number of nitrogens with one attached hydrogen (secondary N) is 1. The van der Waals surface area contributed by atoms with Crippen LogP contribution in [0.4, 0.5) is 9.93 Å². The van der Waals surface area contributed by atoms with E-state index in [0.717, 1.165) is 41.9 Å². The van der Waals surface area contributed by atoms with E-state index in [1.807, 2.05) is 17.0 Å². The number of hydrogen-bond acceptors (Lipinski definition) is 4. The van der Waals surface area contributed by atoms with Crippen molar-refractivity contribution >= 4 is 22.5 Å². The molecule has 136 valence electrons. The van der Waals surface area contributed by atoms with Gasteiger partial charge < -0.3 is 4.90 Å². The van der Waals surface area contributed by atoms with Crippen molar-refractivity contribution in [1.29, 1.82) is 0 Å². The second-order valence-corrected chi connectivity index (χ2v) is 8.78. The first-order valence-electron chi connectivity index (χ1n) is 9.71. The summed E-state index contributed by atoms with van der Waals surface area (Å²) < 4.78 is 0. The highest BCUT2D eigenvalue weighted by molar-refractivity contribution is 7.13. The molecule has 0 spiro atoms. The lowest BCUT2D eigenvalue weighted by Crippen LogP contribution is -2.34. The molecule has 3 fully saturated rings. The maximum Gasteiger partial charge on any atom is 0.324 e. The molecule has 2 aliphatic carbocycles. The molecule has 0 aromatic carbocycles. The Morgan fingerprint density at radius 1 is 1.19 bits per heavy atom. The summed E-state index contributed by atoms with van der Waals surface area (Å²) in [5, 5.41) is 5.95. The minimum absolute atomic E-state index is 0.0295. The molecule has 2 aromatic rings. The van der Waals surface area contributed by atoms with E-state index in [9.17, 15) is 4.79 Å². The van der Waals surface area contributed by atoms with Crippen LogP contribution in [0, 0.1) is 11.8 Å². The van der Waals surface area contributed by atoms with Gasteiger partial charge in [0.25, 0.3) is 0 Å². The molecule has 3 heterocycles. The van der Waals surface area contributed by atoms with Gasteiger partial charge >= 0.3 is 6.03 Å². The molecule has 6 heteroatoms. The molecule has 5 rings (SSSR count). The summed E-state index contributed by atoms with van der Waals surface area (Å²) >= 11 is 1.57. The van der Waals surface area contributed by atoms with Gasteiger partial charge in [-0.2, -0.15) is 0 Å². The number of carbonyl (C=O) groups is 1. The summed E-state index contributed by atoms with van der Waals surface area (Å²) in [4.78, 5) is 23.6. The van der Waals surface area contributed by atoms with Gasteiger partial charge in [-0.25, -0.2) is 9.78 Å². The zero-order valence-electron chi connectivity index (χ0n) is 14.8. The predicted octanol–water partition coefficient (Wildman–Crippen LogP) is 4.81. The second kappa shape index (κ2) is 6.65. The Kier molecular flexibility index (Phi) is 4.15. The molecule has 1 saturated heterocycles. The number of likely N-dealkylation sites (tertiary alicyclic amines) is 1. The fourth-order valence-electron chi connectivity index (χ4n) is 5.23. The maximum atomic E-state index is 12.8. The molecule has 5 nitrogen and oxygen atoms in total. The van der Waals surface area contributed by atoms with Crippen molar-refractivity contribution in [3.05, 3.63) is 41.2 Å². The van der Waals surface area contributed by atoms with Crippen molar-refractivity contribution in [3.8, 4) is 0 Å². The number of urea groups is 1. The number of anilines is 1. The first-order valence-corrected chi connectivity index (χ1v) is 10.6. The average molecular weight is 369 g/mol. The lowest BCUT2D eigenvalue weighted by molar-refractivity contribution is 0.207. The Balaban J connectivity index is 1.27. The van der Waals surface area contributed by atoms with Crippen molar-refractivity contribution < 1.29 is 4.79 Å². The Morgan fingerprint density at radius 3 is 2.85 bits per heavy atom. The van der Waals surface area contributed by atoms with Gasteiger partial charge in [-0.3, -0.25) is 10.3 Å². The molecule has 26 heavy (non-hydrogen) atoms. The highest BCUT2D eigenvalue weighted by Gasteiger charge is 2.41. The van der Waals surface area contributed by atoms with Crippen LogP contribution < -0.4 is 5.32 Å². The summed E-state index contributed by atoms with van der Waals surface area (Å²) in [5.74, 6) is 2.35. The van der Waals surface area contributed by atoms with Crippen molar-refractivity contribution in [2.45, 2.75) is 50.5 Å². The van der Waals surface area contributed by atoms with E-state index in [2.05, 4.69) is 15.7 Å². The normalized spacial score (nSPS) is 30.1. The Morgan fingerprint density at radius 2 is 2.08 bits per heavy atom. The quantitative estimate of drug-likeness (QED) is 0.846. The molecule has 2 aromatic heterocycles. The van der Waals surface area contributed by atoms with Crippen LogP contribution in [0.2, 0.25) is 0 Å². The van der Waals surface area contributed by atoms with Crippen LogP contribution >= 0.6 is 11.3 Å². The number of carbonyl (C=O) groups excluding carboxylic acids is 1. The average Bonchev–Trinajstić information content (AvgIpc) is 3.45. The van der Waals surface area contributed by atoms with E-state index in [0.29, 0.717) is 5.92 Å². The van der Waals surface area contributed by atoms with E-state index in [4.69, 9.17) is 4.98 Å². The van der Waals surface area contributed by atoms with Crippen molar-refractivity contribution in [3.63, 3.8) is 0 Å². The molecule has 4 unspecified atom stereocenters. The van der Waals surface area contributed by atoms with Crippen LogP contribution in [0.15, 0.2) is 29.9 Å². The fraction of sp³-hybridized carbons (Fsp3) is 0.550. The van der Waals surface area contributed by atoms with Crippen LogP contribution in [0.5, 0.6) is 0 Å². The zero-order valence-corrected chi connectivity index (χ0v) is 15.6. The molecule has 2 bridgehead atoms. The predicted molar refractivity (Wildman–Crippen MR) is 102 cm³/mol. The number of amides is 2. The van der Waals surface area contributed by atoms with Crippen molar-refractivity contribution in [2.24, 2.45) is 11.8 Å². The lowest BCUT2D eigenvalue weighted by atomic mass is 9.87. The van der Waals surface area contributed by atoms with Gasteiger partial charge in [0.15, 0.2) is 5.13 Å². The molecule has 4 atom stereocenters. The smallest absolute Gasteiger partial charge is 0.317 e. The molecule has 0 radical (unpaired) electrons. The first kappa shape index (κ1) is 16.2. The second-order valence-electron chi connectivity index (χ2n) is 7.92. The highest BCUT2D eigenvalue weighted by atomic mass is 32.1.